The molecule has 0 N–H and O–H groups in total. The molecule has 0 unspecified atom stereocenters. The summed E-state index contributed by atoms with van der Waals surface area (Å²) in [6.45, 7) is 0.275. The summed E-state index contributed by atoms with van der Waals surface area (Å²) in [4.78, 5) is 47.8. The number of fused-ring (bicyclic) bond motifs is 3. The Morgan fingerprint density at radius 2 is 1.95 bits per heavy atom. The highest BCUT2D eigenvalue weighted by atomic mass is 35.5. The van der Waals surface area contributed by atoms with Crippen LogP contribution in [0.4, 0.5) is 0 Å². The van der Waals surface area contributed by atoms with Crippen molar-refractivity contribution in [3.05, 3.63) is 70.2 Å². The van der Waals surface area contributed by atoms with Crippen LogP contribution in [0.1, 0.15) is 56.9 Å². The van der Waals surface area contributed by atoms with Crippen molar-refractivity contribution in [3.63, 3.8) is 0 Å². The Balaban J connectivity index is 1.30. The molecule has 1 aliphatic carbocycles. The number of esters is 1. The van der Waals surface area contributed by atoms with Crippen molar-refractivity contribution in [3.8, 4) is 5.19 Å². The molecule has 1 saturated carbocycles. The summed E-state index contributed by atoms with van der Waals surface area (Å²) in [5.74, 6) is -0.935. The number of rotatable bonds is 5. The van der Waals surface area contributed by atoms with Crippen LogP contribution in [-0.4, -0.2) is 53.3 Å². The van der Waals surface area contributed by atoms with Gasteiger partial charge in [0.05, 0.1) is 45.4 Å². The molecule has 232 valence electrons. The van der Waals surface area contributed by atoms with Gasteiger partial charge in [-0.15, -0.1) is 0 Å². The molecule has 2 aliphatic heterocycles. The van der Waals surface area contributed by atoms with Crippen LogP contribution >= 0.6 is 34.5 Å². The molecule has 2 fully saturated rings. The van der Waals surface area contributed by atoms with Crippen molar-refractivity contribution in [2.24, 2.45) is 17.3 Å². The van der Waals surface area contributed by atoms with E-state index in [2.05, 4.69) is 17.1 Å². The van der Waals surface area contributed by atoms with Crippen molar-refractivity contribution < 1.29 is 23.9 Å². The molecule has 3 aliphatic rings. The number of halogens is 2. The maximum atomic E-state index is 14.4. The fraction of sp³-hybridized carbons (Fsp3) is 0.471. The molecule has 0 bridgehead atoms. The normalized spacial score (nSPS) is 28.5. The third-order valence-corrected chi connectivity index (χ3v) is 10.9. The van der Waals surface area contributed by atoms with E-state index in [1.54, 1.807) is 11.0 Å². The van der Waals surface area contributed by atoms with E-state index in [9.17, 15) is 14.4 Å². The van der Waals surface area contributed by atoms with Gasteiger partial charge in [-0.25, -0.2) is 4.98 Å². The number of para-hydroxylation sites is 1. The van der Waals surface area contributed by atoms with Crippen molar-refractivity contribution in [1.82, 2.24) is 9.88 Å². The molecular weight excluding hydrogens is 619 g/mol. The number of nitrogens with zero attached hydrogens (tertiary/aromatic N) is 2. The first-order valence-corrected chi connectivity index (χ1v) is 16.9. The van der Waals surface area contributed by atoms with E-state index in [0.29, 0.717) is 40.9 Å². The maximum Gasteiger partial charge on any atom is 0.312 e. The molecule has 0 radical (unpaired) electrons. The first-order chi connectivity index (χ1) is 21.3. The number of hydrogen-bond donors (Lipinski definition) is 0. The number of amides is 1. The first-order valence-electron chi connectivity index (χ1n) is 15.3. The second-order valence-electron chi connectivity index (χ2n) is 12.2. The molecular formula is C34H36Cl2N2O5S. The summed E-state index contributed by atoms with van der Waals surface area (Å²) >= 11 is 13.9. The number of thiazole rings is 1. The lowest BCUT2D eigenvalue weighted by Crippen LogP contribution is -2.45. The number of carbonyl (C=O) groups excluding carboxylic acids is 3. The molecule has 1 aromatic heterocycles. The summed E-state index contributed by atoms with van der Waals surface area (Å²) in [6.07, 6.45) is 9.70. The van der Waals surface area contributed by atoms with Gasteiger partial charge >= 0.3 is 5.97 Å². The number of carbonyl (C=O) groups is 3. The minimum absolute atomic E-state index is 0.0354. The zero-order valence-electron chi connectivity index (χ0n) is 24.7. The van der Waals surface area contributed by atoms with E-state index in [1.165, 1.54) is 18.4 Å². The lowest BCUT2D eigenvalue weighted by Gasteiger charge is -2.29. The van der Waals surface area contributed by atoms with Crippen molar-refractivity contribution in [2.75, 3.05) is 13.7 Å². The Morgan fingerprint density at radius 1 is 1.11 bits per heavy atom. The molecule has 10 heteroatoms. The molecule has 3 aromatic rings. The average molecular weight is 656 g/mol. The van der Waals surface area contributed by atoms with E-state index in [4.69, 9.17) is 32.7 Å². The van der Waals surface area contributed by atoms with Gasteiger partial charge in [0, 0.05) is 18.8 Å². The molecule has 2 aromatic carbocycles. The Bertz CT molecular complexity index is 1560. The summed E-state index contributed by atoms with van der Waals surface area (Å²) in [7, 11) is 1.37. The SMILES string of the molecule is COC(=O)[C@]12CC(=O)[C@@H]3C[C@@H](Oc4nc5ccccc5s4)CN3C(=O)[C@@H](Cc3ccc(Cl)c(Cl)c3)CCCCC/C=C\[C@@H]1C2. The molecule has 3 heterocycles. The van der Waals surface area contributed by atoms with Gasteiger partial charge in [-0.05, 0) is 67.9 Å². The minimum Gasteiger partial charge on any atom is -0.469 e. The van der Waals surface area contributed by atoms with Gasteiger partial charge in [0.2, 0.25) is 5.91 Å². The maximum absolute atomic E-state index is 14.4. The van der Waals surface area contributed by atoms with Crippen LogP contribution in [0.5, 0.6) is 5.19 Å². The van der Waals surface area contributed by atoms with Crippen molar-refractivity contribution in [1.29, 1.82) is 0 Å². The number of ether oxygens (including phenoxy) is 2. The quantitative estimate of drug-likeness (QED) is 0.210. The topological polar surface area (TPSA) is 85.8 Å². The Kier molecular flexibility index (Phi) is 9.31. The molecule has 5 atom stereocenters. The monoisotopic (exact) mass is 654 g/mol. The Morgan fingerprint density at radius 3 is 2.75 bits per heavy atom. The number of benzene rings is 2. The number of hydrogen-bond acceptors (Lipinski definition) is 7. The van der Waals surface area contributed by atoms with E-state index in [0.717, 1.165) is 41.5 Å². The van der Waals surface area contributed by atoms with Crippen LogP contribution < -0.4 is 4.74 Å². The molecule has 6 rings (SSSR count). The summed E-state index contributed by atoms with van der Waals surface area (Å²) in [6, 6.07) is 12.6. The lowest BCUT2D eigenvalue weighted by atomic mass is 9.90. The fourth-order valence-corrected chi connectivity index (χ4v) is 7.99. The zero-order valence-corrected chi connectivity index (χ0v) is 27.0. The Hall–Kier alpha value is -2.94. The number of methoxy groups -OCH3 is 1. The molecule has 1 amide bonds. The summed E-state index contributed by atoms with van der Waals surface area (Å²) in [5.41, 5.74) is 0.901. The van der Waals surface area contributed by atoms with Crippen molar-refractivity contribution in [2.45, 2.75) is 69.9 Å². The van der Waals surface area contributed by atoms with Crippen molar-refractivity contribution >= 4 is 62.4 Å². The summed E-state index contributed by atoms with van der Waals surface area (Å²) < 4.78 is 12.5. The second-order valence-corrected chi connectivity index (χ2v) is 14.1. The summed E-state index contributed by atoms with van der Waals surface area (Å²) in [5, 5.41) is 1.44. The first kappa shape index (κ1) is 31.1. The lowest BCUT2D eigenvalue weighted by molar-refractivity contribution is -0.150. The molecule has 44 heavy (non-hydrogen) atoms. The third-order valence-electron chi connectivity index (χ3n) is 9.28. The predicted octanol–water partition coefficient (Wildman–Crippen LogP) is 7.47. The molecule has 7 nitrogen and oxygen atoms in total. The Labute approximate surface area is 271 Å². The van der Waals surface area contributed by atoms with Gasteiger partial charge in [-0.3, -0.25) is 14.4 Å². The van der Waals surface area contributed by atoms with E-state index in [1.807, 2.05) is 36.4 Å². The van der Waals surface area contributed by atoms with E-state index in [-0.39, 0.29) is 42.5 Å². The van der Waals surface area contributed by atoms with Gasteiger partial charge < -0.3 is 14.4 Å². The van der Waals surface area contributed by atoms with Gasteiger partial charge in [0.15, 0.2) is 5.78 Å². The van der Waals surface area contributed by atoms with Crippen LogP contribution in [0, 0.1) is 17.3 Å². The smallest absolute Gasteiger partial charge is 0.312 e. The van der Waals surface area contributed by atoms with Gasteiger partial charge in [-0.2, -0.15) is 0 Å². The van der Waals surface area contributed by atoms with Crippen LogP contribution in [0.2, 0.25) is 10.0 Å². The number of aromatic nitrogens is 1. The standard InChI is InChI=1S/C34H36Cl2N2O5S/c1-42-32(41)34-18-23(34)10-6-4-2-3-5-9-22(15-21-13-14-25(35)26(36)16-21)31(40)38-20-24(17-28(38)29(39)19-34)43-33-37-27-11-7-8-12-30(27)44-33/h6-8,10-14,16,22-24,28H,2-5,9,15,17-20H2,1H3/b10-6-/t22-,23-,24-,28+,34-/m1/s1. The second kappa shape index (κ2) is 13.2. The highest BCUT2D eigenvalue weighted by Gasteiger charge is 2.61. The largest absolute Gasteiger partial charge is 0.469 e. The fourth-order valence-electron chi connectivity index (χ4n) is 6.79. The highest BCUT2D eigenvalue weighted by Crippen LogP contribution is 2.57. The number of ketones is 1. The van der Waals surface area contributed by atoms with Gasteiger partial charge in [0.25, 0.3) is 5.19 Å². The molecule has 1 saturated heterocycles. The van der Waals surface area contributed by atoms with E-state index < -0.39 is 17.6 Å². The van der Waals surface area contributed by atoms with E-state index >= 15 is 0 Å². The van der Waals surface area contributed by atoms with Crippen LogP contribution in [0.15, 0.2) is 54.6 Å². The average Bonchev–Trinajstić information content (AvgIpc) is 3.32. The number of Topliss-reactive ketones (excluding diaryl/α,β-unsaturated/α-hetero) is 1. The zero-order chi connectivity index (χ0) is 30.8. The van der Waals surface area contributed by atoms with Crippen LogP contribution in [-0.2, 0) is 25.5 Å². The predicted molar refractivity (Wildman–Crippen MR) is 172 cm³/mol. The third kappa shape index (κ3) is 6.53. The van der Waals surface area contributed by atoms with Crippen LogP contribution in [0.25, 0.3) is 10.2 Å². The minimum atomic E-state index is -0.872. The molecule has 0 spiro atoms. The highest BCUT2D eigenvalue weighted by molar-refractivity contribution is 7.20. The van der Waals surface area contributed by atoms with Crippen LogP contribution in [0.3, 0.4) is 0 Å². The van der Waals surface area contributed by atoms with Gasteiger partial charge in [-0.1, -0.05) is 77.7 Å². The van der Waals surface area contributed by atoms with Gasteiger partial charge in [0.1, 0.15) is 6.10 Å². The number of allylic oxidation sites excluding steroid dienone is 2.